The first-order chi connectivity index (χ1) is 54.3. The van der Waals surface area contributed by atoms with Gasteiger partial charge in [0, 0.05) is 134 Å². The number of aryl methyl sites for hydroxylation is 3. The van der Waals surface area contributed by atoms with Crippen molar-refractivity contribution in [1.29, 1.82) is 0 Å². The smallest absolute Gasteiger partial charge is 0.290 e. The lowest BCUT2D eigenvalue weighted by molar-refractivity contribution is -0.122. The van der Waals surface area contributed by atoms with Crippen molar-refractivity contribution in [2.24, 2.45) is 0 Å². The summed E-state index contributed by atoms with van der Waals surface area (Å²) in [5.41, 5.74) is 9.16. The van der Waals surface area contributed by atoms with Gasteiger partial charge in [-0.15, -0.1) is 12.4 Å². The number of imidazole rings is 3. The van der Waals surface area contributed by atoms with Gasteiger partial charge < -0.3 is 49.9 Å². The number of benzene rings is 3. The van der Waals surface area contributed by atoms with Crippen molar-refractivity contribution in [2.75, 3.05) is 70.3 Å². The van der Waals surface area contributed by atoms with E-state index in [0.717, 1.165) is 106 Å². The minimum absolute atomic E-state index is 0. The standard InChI is InChI=1S/2C29H36F2N8.C25H27F2N7.CH2O2.ClH/c2*1-17-12-23-19(16-38(17)11-10-37(6)7)8-9-25(34-23)35-28-32-15-22(31)26(36-28)20-13-21(30)27-24(14-20)39(18(2)33-27)29(3,4)5;1-13-8-19-15(11-28-13)6-7-21(31-19)32-24-29-12-18(27)22(33-24)16-9-17(26)23-20(10-16)34(14(2)30-23)25(3,4)5;2-1-3;/h2*8-9,13-15,17H,10-12,16H2,1-7H3,(H,32,34,35,36);6-7,9-10,12-13,28H,8,11H2,1-5H3,(H,29,31,32,33);1H,(H,2,3);1H. The predicted molar refractivity (Wildman–Crippen MR) is 444 cm³/mol. The molecule has 0 radical (unpaired) electrons. The molecule has 0 bridgehead atoms. The Morgan fingerprint density at radius 2 is 0.759 bits per heavy atom. The van der Waals surface area contributed by atoms with Crippen LogP contribution in [0.25, 0.3) is 66.9 Å². The molecule has 25 nitrogen and oxygen atoms in total. The van der Waals surface area contributed by atoms with Crippen molar-refractivity contribution >= 4 is 87.3 Å². The molecular weight excluding hydrogens is 1510 g/mol. The number of nitrogens with one attached hydrogen (secondary N) is 4. The highest BCUT2D eigenvalue weighted by molar-refractivity contribution is 5.86. The van der Waals surface area contributed by atoms with Gasteiger partial charge in [0.15, 0.2) is 34.9 Å². The Labute approximate surface area is 677 Å². The fourth-order valence-corrected chi connectivity index (χ4v) is 15.2. The molecule has 3 aromatic carbocycles. The number of fused-ring (bicyclic) bond motifs is 6. The van der Waals surface area contributed by atoms with Gasteiger partial charge in [0.2, 0.25) is 17.8 Å². The molecule has 0 spiro atoms. The van der Waals surface area contributed by atoms with Crippen molar-refractivity contribution in [3.63, 3.8) is 0 Å². The zero-order valence-electron chi connectivity index (χ0n) is 69.1. The molecule has 9 aromatic heterocycles. The summed E-state index contributed by atoms with van der Waals surface area (Å²) in [6.07, 6.45) is 5.79. The average Bonchev–Trinajstić information content (AvgIpc) is 1.60. The maximum Gasteiger partial charge on any atom is 0.290 e. The number of likely N-dealkylation sites (N-methyl/N-ethyl adjacent to an activating group) is 2. The largest absolute Gasteiger partial charge is 0.483 e. The number of carbonyl (C=O) groups is 1. The van der Waals surface area contributed by atoms with Gasteiger partial charge in [-0.25, -0.2) is 86.2 Å². The highest BCUT2D eigenvalue weighted by Crippen LogP contribution is 2.38. The van der Waals surface area contributed by atoms with Crippen LogP contribution in [0.4, 0.5) is 61.6 Å². The van der Waals surface area contributed by atoms with Gasteiger partial charge in [-0.1, -0.05) is 18.2 Å². The first kappa shape index (κ1) is 86.2. The number of rotatable bonds is 15. The van der Waals surface area contributed by atoms with Gasteiger partial charge in [-0.3, -0.25) is 14.6 Å². The van der Waals surface area contributed by atoms with Crippen LogP contribution in [0.2, 0.25) is 0 Å². The summed E-state index contributed by atoms with van der Waals surface area (Å²) < 4.78 is 95.9. The van der Waals surface area contributed by atoms with E-state index in [1.165, 1.54) is 29.3 Å². The summed E-state index contributed by atoms with van der Waals surface area (Å²) in [5.74, 6) is 0.904. The van der Waals surface area contributed by atoms with Gasteiger partial charge in [-0.05, 0) is 203 Å². The third-order valence-electron chi connectivity index (χ3n) is 20.4. The van der Waals surface area contributed by atoms with E-state index < -0.39 is 34.9 Å². The molecule has 0 amide bonds. The minimum atomic E-state index is -0.638. The molecule has 0 saturated heterocycles. The topological polar surface area (TPSA) is 268 Å². The molecule has 3 unspecified atom stereocenters. The molecule has 3 aliphatic heterocycles. The molecule has 614 valence electrons. The summed E-state index contributed by atoms with van der Waals surface area (Å²) >= 11 is 0. The van der Waals surface area contributed by atoms with Gasteiger partial charge in [0.25, 0.3) is 6.47 Å². The lowest BCUT2D eigenvalue weighted by Crippen LogP contribution is -2.42. The third kappa shape index (κ3) is 19.4. The number of halogens is 7. The molecule has 32 heteroatoms. The second kappa shape index (κ2) is 35.0. The maximum atomic E-state index is 15.1. The van der Waals surface area contributed by atoms with Crippen molar-refractivity contribution in [1.82, 2.24) is 98.4 Å². The van der Waals surface area contributed by atoms with E-state index in [4.69, 9.17) is 19.9 Å². The number of aromatic nitrogens is 15. The van der Waals surface area contributed by atoms with Crippen LogP contribution in [0.5, 0.6) is 0 Å². The molecule has 0 saturated carbocycles. The van der Waals surface area contributed by atoms with Crippen LogP contribution in [0.15, 0.2) is 91.4 Å². The Morgan fingerprint density at radius 3 is 1.06 bits per heavy atom. The number of anilines is 6. The fourth-order valence-electron chi connectivity index (χ4n) is 15.2. The molecule has 12 aromatic rings. The summed E-state index contributed by atoms with van der Waals surface area (Å²) in [6, 6.07) is 21.9. The minimum Gasteiger partial charge on any atom is -0.483 e. The Kier molecular flexibility index (Phi) is 26.0. The molecule has 116 heavy (non-hydrogen) atoms. The number of nitrogens with zero attached hydrogens (tertiary/aromatic N) is 19. The first-order valence-corrected chi connectivity index (χ1v) is 38.3. The molecule has 0 aliphatic carbocycles. The SMILES string of the molecule is Cc1nc2c(F)cc(-c3nc(Nc4ccc5c(n4)CC(C)N(CCN(C)C)C5)ncc3F)cc2n1C(C)(C)C.Cc1nc2c(F)cc(-c3nc(Nc4ccc5c(n4)CC(C)N(CCN(C)C)C5)ncc3F)cc2n1C(C)(C)C.Cc1nc2c(F)cc(-c3nc(Nc4ccc5c(n4)CC(C)NC5)ncc3F)cc2n1C(C)(C)C.Cl.O=CO. The normalized spacial score (nSPS) is 15.7. The van der Waals surface area contributed by atoms with E-state index in [2.05, 4.69) is 152 Å². The van der Waals surface area contributed by atoms with E-state index >= 15 is 13.2 Å². The highest BCUT2D eigenvalue weighted by atomic mass is 35.5. The number of hydrogen-bond acceptors (Lipinski definition) is 21. The second-order valence-corrected chi connectivity index (χ2v) is 33.2. The zero-order chi connectivity index (χ0) is 83.0. The van der Waals surface area contributed by atoms with Crippen LogP contribution in [0, 0.1) is 55.7 Å². The summed E-state index contributed by atoms with van der Waals surface area (Å²) in [5, 5.41) is 19.6. The monoisotopic (exact) mass is 1610 g/mol. The molecule has 12 heterocycles. The van der Waals surface area contributed by atoms with Gasteiger partial charge >= 0.3 is 0 Å². The quantitative estimate of drug-likeness (QED) is 0.0471. The Hall–Kier alpha value is -10.7. The zero-order valence-corrected chi connectivity index (χ0v) is 69.9. The van der Waals surface area contributed by atoms with Crippen molar-refractivity contribution in [3.8, 4) is 33.8 Å². The Bertz CT molecular complexity index is 5370. The van der Waals surface area contributed by atoms with E-state index in [1.54, 1.807) is 18.2 Å². The molecular formula is C84H102ClF6N23O2. The van der Waals surface area contributed by atoms with Crippen LogP contribution in [0.3, 0.4) is 0 Å². The predicted octanol–water partition coefficient (Wildman–Crippen LogP) is 15.7. The number of hydrogen-bond donors (Lipinski definition) is 5. The summed E-state index contributed by atoms with van der Waals surface area (Å²) in [6.45, 7) is 36.5. The van der Waals surface area contributed by atoms with Crippen LogP contribution in [-0.2, 0) is 60.3 Å². The average molecular weight is 1620 g/mol. The fraction of sp³-hybridized carbons (Fsp3) is 0.417. The van der Waals surface area contributed by atoms with E-state index in [0.29, 0.717) is 86.3 Å². The van der Waals surface area contributed by atoms with Crippen LogP contribution < -0.4 is 21.3 Å². The third-order valence-corrected chi connectivity index (χ3v) is 20.4. The van der Waals surface area contributed by atoms with E-state index in [1.807, 2.05) is 121 Å². The van der Waals surface area contributed by atoms with Gasteiger partial charge in [0.05, 0.1) is 35.1 Å². The first-order valence-electron chi connectivity index (χ1n) is 38.3. The summed E-state index contributed by atoms with van der Waals surface area (Å²) in [4.78, 5) is 70.7. The van der Waals surface area contributed by atoms with Crippen molar-refractivity contribution < 1.29 is 36.2 Å². The van der Waals surface area contributed by atoms with Crippen molar-refractivity contribution in [2.45, 2.75) is 177 Å². The van der Waals surface area contributed by atoms with E-state index in [-0.39, 0.29) is 87.0 Å². The van der Waals surface area contributed by atoms with Crippen molar-refractivity contribution in [3.05, 3.63) is 178 Å². The van der Waals surface area contributed by atoms with Crippen LogP contribution >= 0.6 is 12.4 Å². The highest BCUT2D eigenvalue weighted by Gasteiger charge is 2.31. The Balaban J connectivity index is 0.000000168. The van der Waals surface area contributed by atoms with Gasteiger partial charge in [-0.2, -0.15) is 0 Å². The van der Waals surface area contributed by atoms with Crippen LogP contribution in [0.1, 0.15) is 134 Å². The van der Waals surface area contributed by atoms with Crippen LogP contribution in [-0.4, -0.2) is 177 Å². The second-order valence-electron chi connectivity index (χ2n) is 33.2. The number of pyridine rings is 3. The van der Waals surface area contributed by atoms with E-state index in [9.17, 15) is 13.2 Å². The van der Waals surface area contributed by atoms with Gasteiger partial charge in [0.1, 0.15) is 68.6 Å². The lowest BCUT2D eigenvalue weighted by atomic mass is 9.99. The Morgan fingerprint density at radius 1 is 0.457 bits per heavy atom. The number of carboxylic acid groups (broad SMARTS) is 1. The molecule has 5 N–H and O–H groups in total. The molecule has 3 atom stereocenters. The molecule has 0 fully saturated rings. The summed E-state index contributed by atoms with van der Waals surface area (Å²) in [7, 11) is 8.34. The maximum absolute atomic E-state index is 15.1. The lowest BCUT2D eigenvalue weighted by Gasteiger charge is -2.35. The molecule has 15 rings (SSSR count). The molecule has 3 aliphatic rings.